The molecule has 0 aliphatic carbocycles. The summed E-state index contributed by atoms with van der Waals surface area (Å²) in [5.74, 6) is 0. The SMILES string of the molecule is O.O=[PH](O)O.[O]=[W](=[O])([OH])[OH]. The first kappa shape index (κ1) is 16.7. The van der Waals surface area contributed by atoms with E-state index in [4.69, 9.17) is 28.7 Å². The Labute approximate surface area is 59.7 Å². The summed E-state index contributed by atoms with van der Waals surface area (Å²) in [6, 6.07) is 0. The van der Waals surface area contributed by atoms with E-state index in [2.05, 4.69) is 0 Å². The van der Waals surface area contributed by atoms with Gasteiger partial charge >= 0.3 is 39.3 Å². The molecule has 0 saturated carbocycles. The van der Waals surface area contributed by atoms with E-state index in [-0.39, 0.29) is 5.48 Å². The van der Waals surface area contributed by atoms with Crippen molar-refractivity contribution in [3.8, 4) is 0 Å². The molecule has 0 aromatic rings. The van der Waals surface area contributed by atoms with Gasteiger partial charge in [-0.05, 0) is 0 Å². The normalized spacial score (nSPS) is 9.30. The zero-order chi connectivity index (χ0) is 8.08. The molecule has 0 spiro atoms. The molecule has 10 heteroatoms. The molecule has 6 N–H and O–H groups in total. The molecular weight excluding hydrogens is 343 g/mol. The topological polar surface area (TPSA) is 164 Å². The van der Waals surface area contributed by atoms with Crippen molar-refractivity contribution in [2.45, 2.75) is 0 Å². The van der Waals surface area contributed by atoms with E-state index in [1.165, 1.54) is 0 Å². The van der Waals surface area contributed by atoms with E-state index in [0.29, 0.717) is 0 Å². The summed E-state index contributed by atoms with van der Waals surface area (Å²) >= 11 is -5.67. The molecule has 66 valence electrons. The summed E-state index contributed by atoms with van der Waals surface area (Å²) in [7, 11) is -3.13. The zero-order valence-electron chi connectivity index (χ0n) is 4.42. The molecule has 0 rings (SSSR count). The van der Waals surface area contributed by atoms with Crippen LogP contribution >= 0.6 is 8.25 Å². The average Bonchev–Trinajstić information content (AvgIpc) is 1.19. The Kier molecular flexibility index (Phi) is 12.4. The average molecular weight is 350 g/mol. The molecular formula is H7O8PW. The molecule has 0 aromatic carbocycles. The van der Waals surface area contributed by atoms with Gasteiger partial charge in [0.2, 0.25) is 0 Å². The molecule has 0 saturated heterocycles. The van der Waals surface area contributed by atoms with Crippen LogP contribution in [0, 0.1) is 0 Å². The maximum absolute atomic E-state index is 8.87. The van der Waals surface area contributed by atoms with Crippen molar-refractivity contribution in [1.29, 1.82) is 0 Å². The Bertz CT molecular complexity index is 152. The van der Waals surface area contributed by atoms with Crippen LogP contribution in [0.15, 0.2) is 0 Å². The molecule has 10 heavy (non-hydrogen) atoms. The summed E-state index contributed by atoms with van der Waals surface area (Å²) in [6.07, 6.45) is 0. The Morgan fingerprint density at radius 1 is 1.10 bits per heavy atom. The quantitative estimate of drug-likeness (QED) is 0.342. The Hall–Kier alpha value is 0.318. The third-order valence-corrected chi connectivity index (χ3v) is 0. The third kappa shape index (κ3) is 4400. The van der Waals surface area contributed by atoms with Crippen molar-refractivity contribution < 1.29 is 50.9 Å². The van der Waals surface area contributed by atoms with Crippen molar-refractivity contribution in [1.82, 2.24) is 0 Å². The fourth-order valence-electron chi connectivity index (χ4n) is 0. The second-order valence-corrected chi connectivity index (χ2v) is 4.51. The van der Waals surface area contributed by atoms with Crippen molar-refractivity contribution in [2.75, 3.05) is 0 Å². The number of rotatable bonds is 0. The van der Waals surface area contributed by atoms with E-state index < -0.39 is 25.0 Å². The van der Waals surface area contributed by atoms with Crippen molar-refractivity contribution in [3.05, 3.63) is 0 Å². The van der Waals surface area contributed by atoms with Crippen molar-refractivity contribution in [2.24, 2.45) is 0 Å². The number of hydrogen-bond acceptors (Lipinski definition) is 3. The number of hydrogen-bond donors (Lipinski definition) is 4. The second-order valence-electron chi connectivity index (χ2n) is 0.730. The third-order valence-electron chi connectivity index (χ3n) is 0. The Morgan fingerprint density at radius 3 is 1.10 bits per heavy atom. The molecule has 0 amide bonds. The Balaban J connectivity index is -0.0000000910. The van der Waals surface area contributed by atoms with Gasteiger partial charge in [0, 0.05) is 0 Å². The Morgan fingerprint density at radius 2 is 1.10 bits per heavy atom. The van der Waals surface area contributed by atoms with Gasteiger partial charge in [0.05, 0.1) is 0 Å². The summed E-state index contributed by atoms with van der Waals surface area (Å²) < 4.78 is 40.8. The predicted molar refractivity (Wildman–Crippen MR) is 22.9 cm³/mol. The molecule has 0 fully saturated rings. The molecule has 0 aliphatic rings. The first-order chi connectivity index (χ1) is 3.73. The van der Waals surface area contributed by atoms with Gasteiger partial charge in [0.15, 0.2) is 0 Å². The van der Waals surface area contributed by atoms with Crippen molar-refractivity contribution >= 4 is 8.25 Å². The van der Waals surface area contributed by atoms with Crippen LogP contribution in [-0.4, -0.2) is 22.8 Å². The van der Waals surface area contributed by atoms with Crippen molar-refractivity contribution in [3.63, 3.8) is 0 Å². The van der Waals surface area contributed by atoms with E-state index in [9.17, 15) is 0 Å². The maximum atomic E-state index is 8.87. The monoisotopic (exact) mass is 350 g/mol. The molecule has 0 atom stereocenters. The van der Waals surface area contributed by atoms with Gasteiger partial charge in [0.1, 0.15) is 0 Å². The molecule has 0 heterocycles. The van der Waals surface area contributed by atoms with E-state index in [1.54, 1.807) is 0 Å². The first-order valence-corrected chi connectivity index (χ1v) is 7.67. The molecule has 0 aromatic heterocycles. The predicted octanol–water partition coefficient (Wildman–Crippen LogP) is -2.82. The summed E-state index contributed by atoms with van der Waals surface area (Å²) in [4.78, 5) is 14.3. The van der Waals surface area contributed by atoms with Gasteiger partial charge in [-0.2, -0.15) is 0 Å². The molecule has 0 aliphatic heterocycles. The second kappa shape index (κ2) is 7.43. The summed E-state index contributed by atoms with van der Waals surface area (Å²) in [5, 5.41) is 0. The molecule has 0 radical (unpaired) electrons. The van der Waals surface area contributed by atoms with E-state index >= 15 is 0 Å². The first-order valence-electron chi connectivity index (χ1n) is 1.35. The zero-order valence-corrected chi connectivity index (χ0v) is 8.36. The minimum atomic E-state index is -5.67. The minimum absolute atomic E-state index is 0. The van der Waals surface area contributed by atoms with E-state index in [1.807, 2.05) is 0 Å². The van der Waals surface area contributed by atoms with Gasteiger partial charge in [-0.1, -0.05) is 0 Å². The summed E-state index contributed by atoms with van der Waals surface area (Å²) in [5.41, 5.74) is 0. The molecule has 8 nitrogen and oxygen atoms in total. The van der Waals surface area contributed by atoms with Gasteiger partial charge < -0.3 is 15.3 Å². The van der Waals surface area contributed by atoms with Gasteiger partial charge in [-0.3, -0.25) is 4.57 Å². The van der Waals surface area contributed by atoms with Crippen LogP contribution in [0.3, 0.4) is 0 Å². The standard InChI is InChI=1S/H3O3P.3H2O.2O.W/c1-4(2)3;;;;;;/h4H,(H2,1,2,3);3*1H2;;;/q;;;;;;+2/p-2. The van der Waals surface area contributed by atoms with E-state index in [0.717, 1.165) is 0 Å². The summed E-state index contributed by atoms with van der Waals surface area (Å²) in [6.45, 7) is 0. The molecule has 0 unspecified atom stereocenters. The van der Waals surface area contributed by atoms with Gasteiger partial charge in [-0.25, -0.2) is 0 Å². The molecule has 0 bridgehead atoms. The van der Waals surface area contributed by atoms with Crippen LogP contribution < -0.4 is 0 Å². The van der Waals surface area contributed by atoms with Crippen LogP contribution in [0.5, 0.6) is 0 Å². The van der Waals surface area contributed by atoms with Gasteiger partial charge in [-0.15, -0.1) is 0 Å². The van der Waals surface area contributed by atoms with Crippen LogP contribution in [0.1, 0.15) is 0 Å². The fraction of sp³-hybridized carbons (Fsp3) is 0. The van der Waals surface area contributed by atoms with Crippen LogP contribution in [0.4, 0.5) is 0 Å². The van der Waals surface area contributed by atoms with Crippen LogP contribution in [0.2, 0.25) is 0 Å². The van der Waals surface area contributed by atoms with Gasteiger partial charge in [0.25, 0.3) is 0 Å². The van der Waals surface area contributed by atoms with Crippen LogP contribution in [-0.2, 0) is 28.1 Å². The fourth-order valence-corrected chi connectivity index (χ4v) is 0. The van der Waals surface area contributed by atoms with Crippen LogP contribution in [0.25, 0.3) is 0 Å².